The van der Waals surface area contributed by atoms with Crippen molar-refractivity contribution in [2.24, 2.45) is 12.2 Å². The minimum atomic E-state index is 0.213. The predicted molar refractivity (Wildman–Crippen MR) is 121 cm³/mol. The van der Waals surface area contributed by atoms with Gasteiger partial charge in [0.2, 0.25) is 5.82 Å². The first-order chi connectivity index (χ1) is 15.8. The second-order valence-corrected chi connectivity index (χ2v) is 7.49. The highest BCUT2D eigenvalue weighted by Gasteiger charge is 2.14. The maximum atomic E-state index is 5.57. The minimum absolute atomic E-state index is 0.213. The summed E-state index contributed by atoms with van der Waals surface area (Å²) in [5, 5.41) is 18.5. The highest BCUT2D eigenvalue weighted by molar-refractivity contribution is 7.10. The largest absolute Gasteiger partial charge is 0.389 e. The van der Waals surface area contributed by atoms with Gasteiger partial charge in [-0.2, -0.15) is 0 Å². The van der Waals surface area contributed by atoms with Gasteiger partial charge in [-0.05, 0) is 21.9 Å². The third-order valence-corrected chi connectivity index (χ3v) is 5.09. The van der Waals surface area contributed by atoms with Crippen molar-refractivity contribution in [2.75, 3.05) is 6.61 Å². The second kappa shape index (κ2) is 10.9. The Hall–Kier alpha value is -3.87. The van der Waals surface area contributed by atoms with Crippen molar-refractivity contribution in [3.05, 3.63) is 93.7 Å². The molecule has 0 saturated carbocycles. The van der Waals surface area contributed by atoms with Crippen molar-refractivity contribution in [2.45, 2.75) is 13.2 Å². The van der Waals surface area contributed by atoms with Gasteiger partial charge in [-0.1, -0.05) is 71.7 Å². The average Bonchev–Trinajstić information content (AvgIpc) is 3.46. The molecular weight excluding hydrogens is 424 g/mol. The summed E-state index contributed by atoms with van der Waals surface area (Å²) >= 11 is 1.45. The highest BCUT2D eigenvalue weighted by atomic mass is 32.1. The summed E-state index contributed by atoms with van der Waals surface area (Å²) in [6.45, 7) is 1.09. The Kier molecular flexibility index (Phi) is 7.31. The van der Waals surface area contributed by atoms with Crippen molar-refractivity contribution >= 4 is 17.0 Å². The molecule has 2 aromatic heterocycles. The number of thiazole rings is 1. The number of ether oxygens (including phenoxy) is 1. The van der Waals surface area contributed by atoms with Gasteiger partial charge in [0.25, 0.3) is 0 Å². The smallest absolute Gasteiger partial charge is 0.204 e. The second-order valence-electron chi connectivity index (χ2n) is 6.63. The number of benzene rings is 2. The van der Waals surface area contributed by atoms with Crippen molar-refractivity contribution in [1.29, 1.82) is 0 Å². The lowest BCUT2D eigenvalue weighted by Gasteiger charge is -2.05. The van der Waals surface area contributed by atoms with Gasteiger partial charge in [-0.3, -0.25) is 0 Å². The third-order valence-electron chi connectivity index (χ3n) is 4.28. The van der Waals surface area contributed by atoms with E-state index < -0.39 is 0 Å². The van der Waals surface area contributed by atoms with Crippen LogP contribution in [0, 0.1) is 11.8 Å². The first-order valence-corrected chi connectivity index (χ1v) is 10.7. The molecule has 0 saturated heterocycles. The zero-order valence-electron chi connectivity index (χ0n) is 17.4. The van der Waals surface area contributed by atoms with Crippen LogP contribution in [-0.2, 0) is 29.8 Å². The lowest BCUT2D eigenvalue weighted by atomic mass is 10.1. The van der Waals surface area contributed by atoms with E-state index in [2.05, 4.69) is 37.5 Å². The number of hydrogen-bond acceptors (Lipinski definition) is 8. The predicted octanol–water partition coefficient (Wildman–Crippen LogP) is 3.20. The molecule has 8 nitrogen and oxygen atoms in total. The normalized spacial score (nSPS) is 11.1. The molecule has 0 atom stereocenters. The molecular formula is C23H20N6O2S. The topological polar surface area (TPSA) is 87.3 Å². The van der Waals surface area contributed by atoms with E-state index in [0.29, 0.717) is 29.8 Å². The molecule has 0 N–H and O–H groups in total. The average molecular weight is 445 g/mol. The lowest BCUT2D eigenvalue weighted by molar-refractivity contribution is 0.128. The first-order valence-electron chi connectivity index (χ1n) is 9.82. The number of aromatic nitrogens is 5. The molecule has 0 radical (unpaired) electrons. The van der Waals surface area contributed by atoms with Crippen LogP contribution in [0.4, 0.5) is 0 Å². The van der Waals surface area contributed by atoms with Crippen LogP contribution >= 0.6 is 11.3 Å². The van der Waals surface area contributed by atoms with Crippen LogP contribution in [0.2, 0.25) is 0 Å². The number of aryl methyl sites for hydroxylation is 1. The van der Waals surface area contributed by atoms with E-state index in [1.54, 1.807) is 11.7 Å². The third kappa shape index (κ3) is 5.85. The van der Waals surface area contributed by atoms with Gasteiger partial charge in [0.1, 0.15) is 6.61 Å². The molecule has 0 bridgehead atoms. The fourth-order valence-electron chi connectivity index (χ4n) is 2.75. The van der Waals surface area contributed by atoms with E-state index >= 15 is 0 Å². The van der Waals surface area contributed by atoms with E-state index in [1.807, 2.05) is 66.0 Å². The van der Waals surface area contributed by atoms with Crippen molar-refractivity contribution in [1.82, 2.24) is 25.2 Å². The molecule has 9 heteroatoms. The lowest BCUT2D eigenvalue weighted by Crippen LogP contribution is -2.12. The molecule has 160 valence electrons. The summed E-state index contributed by atoms with van der Waals surface area (Å²) in [7, 11) is 1.75. The summed E-state index contributed by atoms with van der Waals surface area (Å²) in [5.74, 6) is 6.52. The Bertz CT molecular complexity index is 1230. The van der Waals surface area contributed by atoms with E-state index in [4.69, 9.17) is 9.57 Å². The van der Waals surface area contributed by atoms with E-state index in [9.17, 15) is 0 Å². The van der Waals surface area contributed by atoms with Crippen LogP contribution in [0.1, 0.15) is 27.7 Å². The Balaban J connectivity index is 1.33. The van der Waals surface area contributed by atoms with Gasteiger partial charge < -0.3 is 9.57 Å². The van der Waals surface area contributed by atoms with Gasteiger partial charge >= 0.3 is 0 Å². The summed E-state index contributed by atoms with van der Waals surface area (Å²) in [4.78, 5) is 10.0. The first kappa shape index (κ1) is 21.4. The minimum Gasteiger partial charge on any atom is -0.389 e. The number of oxime groups is 1. The molecule has 0 fully saturated rings. The van der Waals surface area contributed by atoms with Crippen LogP contribution < -0.4 is 0 Å². The molecule has 2 aromatic carbocycles. The monoisotopic (exact) mass is 444 g/mol. The Morgan fingerprint density at radius 1 is 1.06 bits per heavy atom. The van der Waals surface area contributed by atoms with Gasteiger partial charge in [0.05, 0.1) is 12.3 Å². The number of hydrogen-bond donors (Lipinski definition) is 0. The van der Waals surface area contributed by atoms with Gasteiger partial charge in [0, 0.05) is 18.0 Å². The van der Waals surface area contributed by atoms with Gasteiger partial charge in [0.15, 0.2) is 17.3 Å². The van der Waals surface area contributed by atoms with Crippen LogP contribution in [0.25, 0.3) is 0 Å². The SMILES string of the molecule is Cn1nnnc1/C(=N/OCc1csc(C#CCOCc2ccccc2)n1)c1ccccc1. The molecule has 32 heavy (non-hydrogen) atoms. The molecule has 4 rings (SSSR count). The van der Waals surface area contributed by atoms with Crippen LogP contribution in [0.5, 0.6) is 0 Å². The number of tetrazole rings is 1. The standard InChI is InChI=1S/C23H20N6O2S/c1-29-23(25-27-28-29)22(19-11-6-3-7-12-19)26-31-16-20-17-32-21(24-20)13-8-14-30-15-18-9-4-2-5-10-18/h2-7,9-12,17H,14-16H2,1H3/b26-22+. The van der Waals surface area contributed by atoms with E-state index in [-0.39, 0.29) is 6.61 Å². The molecule has 0 aliphatic heterocycles. The Morgan fingerprint density at radius 3 is 2.59 bits per heavy atom. The maximum Gasteiger partial charge on any atom is 0.204 e. The zero-order chi connectivity index (χ0) is 22.0. The van der Waals surface area contributed by atoms with Gasteiger partial charge in [-0.25, -0.2) is 9.67 Å². The van der Waals surface area contributed by atoms with Crippen molar-refractivity contribution in [3.8, 4) is 11.8 Å². The molecule has 0 amide bonds. The summed E-state index contributed by atoms with van der Waals surface area (Å²) in [6.07, 6.45) is 0. The van der Waals surface area contributed by atoms with Crippen LogP contribution in [0.3, 0.4) is 0 Å². The summed E-state index contributed by atoms with van der Waals surface area (Å²) in [5.41, 5.74) is 3.27. The quantitative estimate of drug-likeness (QED) is 0.180. The Morgan fingerprint density at radius 2 is 1.84 bits per heavy atom. The van der Waals surface area contributed by atoms with Crippen LogP contribution in [-0.4, -0.2) is 37.5 Å². The summed E-state index contributed by atoms with van der Waals surface area (Å²) < 4.78 is 7.12. The Labute approximate surface area is 189 Å². The van der Waals surface area contributed by atoms with Gasteiger partial charge in [-0.15, -0.1) is 16.4 Å². The molecule has 0 aliphatic carbocycles. The van der Waals surface area contributed by atoms with Crippen molar-refractivity contribution < 1.29 is 9.57 Å². The fourth-order valence-corrected chi connectivity index (χ4v) is 3.42. The summed E-state index contributed by atoms with van der Waals surface area (Å²) in [6, 6.07) is 19.6. The number of rotatable bonds is 8. The van der Waals surface area contributed by atoms with E-state index in [0.717, 1.165) is 16.8 Å². The molecule has 4 aromatic rings. The maximum absolute atomic E-state index is 5.57. The highest BCUT2D eigenvalue weighted by Crippen LogP contribution is 2.12. The zero-order valence-corrected chi connectivity index (χ0v) is 18.2. The fraction of sp³-hybridized carbons (Fsp3) is 0.174. The molecule has 2 heterocycles. The van der Waals surface area contributed by atoms with E-state index in [1.165, 1.54) is 11.3 Å². The molecule has 0 spiro atoms. The number of nitrogens with zero attached hydrogens (tertiary/aromatic N) is 6. The molecule has 0 unspecified atom stereocenters. The molecule has 0 aliphatic rings. The van der Waals surface area contributed by atoms with Crippen molar-refractivity contribution in [3.63, 3.8) is 0 Å². The van der Waals surface area contributed by atoms with Crippen LogP contribution in [0.15, 0.2) is 71.2 Å².